The predicted molar refractivity (Wildman–Crippen MR) is 26.9 cm³/mol. The third kappa shape index (κ3) is 3.04. The minimum Gasteiger partial charge on any atom is -0.550 e. The smallest absolute Gasteiger partial charge is 0.550 e. The van der Waals surface area contributed by atoms with E-state index in [2.05, 4.69) is 6.58 Å². The molecule has 0 N–H and O–H groups in total. The molecule has 0 aromatic carbocycles. The van der Waals surface area contributed by atoms with Crippen LogP contribution in [0.25, 0.3) is 0 Å². The van der Waals surface area contributed by atoms with E-state index in [-0.39, 0.29) is 41.9 Å². The Balaban J connectivity index is 0.000000640. The van der Waals surface area contributed by atoms with E-state index >= 15 is 0 Å². The molecule has 1 rings (SSSR count). The van der Waals surface area contributed by atoms with E-state index in [4.69, 9.17) is 0 Å². The first-order valence-corrected chi connectivity index (χ1v) is 2.57. The monoisotopic (exact) mass is 134 g/mol. The molecule has 1 aliphatic rings. The largest absolute Gasteiger partial charge is 1.00 e. The standard InChI is InChI=1S/C6H8O2.Na/c1-4-2-5(4)3-6(7)8;/h5H,1-3H2,(H,7,8);/q;+1/p-1/t5-;/m1./s1. The zero-order chi connectivity index (χ0) is 6.15. The predicted octanol–water partition coefficient (Wildman–Crippen LogP) is -3.29. The SMILES string of the molecule is C=C1C[C@@H]1CC(=O)[O-].[Na+]. The summed E-state index contributed by atoms with van der Waals surface area (Å²) in [6.45, 7) is 3.61. The van der Waals surface area contributed by atoms with Gasteiger partial charge in [0.05, 0.1) is 0 Å². The number of aliphatic carboxylic acids is 1. The van der Waals surface area contributed by atoms with Crippen LogP contribution in [0.4, 0.5) is 0 Å². The number of carbonyl (C=O) groups excluding carboxylic acids is 1. The van der Waals surface area contributed by atoms with Crippen LogP contribution >= 0.6 is 0 Å². The normalized spacial score (nSPS) is 22.7. The molecule has 0 radical (unpaired) electrons. The first-order valence-electron chi connectivity index (χ1n) is 2.57. The first-order chi connectivity index (χ1) is 3.70. The number of rotatable bonds is 2. The molecular weight excluding hydrogens is 127 g/mol. The fourth-order valence-electron chi connectivity index (χ4n) is 0.675. The summed E-state index contributed by atoms with van der Waals surface area (Å²) >= 11 is 0. The zero-order valence-corrected chi connectivity index (χ0v) is 7.52. The van der Waals surface area contributed by atoms with Gasteiger partial charge in [0, 0.05) is 5.97 Å². The van der Waals surface area contributed by atoms with E-state index in [1.54, 1.807) is 0 Å². The average Bonchev–Trinajstić information content (AvgIpc) is 2.17. The second-order valence-electron chi connectivity index (χ2n) is 2.14. The molecule has 0 saturated heterocycles. The molecule has 0 amide bonds. The van der Waals surface area contributed by atoms with Crippen molar-refractivity contribution in [2.45, 2.75) is 12.8 Å². The molecule has 0 aromatic rings. The molecule has 1 fully saturated rings. The third-order valence-electron chi connectivity index (χ3n) is 1.34. The van der Waals surface area contributed by atoms with Gasteiger partial charge in [-0.15, -0.1) is 0 Å². The summed E-state index contributed by atoms with van der Waals surface area (Å²) in [6.07, 6.45) is 1.05. The molecule has 0 aliphatic heterocycles. The van der Waals surface area contributed by atoms with Gasteiger partial charge in [0.15, 0.2) is 0 Å². The van der Waals surface area contributed by atoms with E-state index in [1.165, 1.54) is 0 Å². The third-order valence-corrected chi connectivity index (χ3v) is 1.34. The maximum atomic E-state index is 9.84. The van der Waals surface area contributed by atoms with Crippen molar-refractivity contribution in [1.82, 2.24) is 0 Å². The van der Waals surface area contributed by atoms with E-state index in [1.807, 2.05) is 0 Å². The Kier molecular flexibility index (Phi) is 3.48. The fraction of sp³-hybridized carbons (Fsp3) is 0.500. The van der Waals surface area contributed by atoms with E-state index < -0.39 is 5.97 Å². The van der Waals surface area contributed by atoms with Crippen LogP contribution in [-0.4, -0.2) is 5.97 Å². The quantitative estimate of drug-likeness (QED) is 0.293. The summed E-state index contributed by atoms with van der Waals surface area (Å²) in [5.41, 5.74) is 1.05. The van der Waals surface area contributed by atoms with Crippen LogP contribution in [0.5, 0.6) is 0 Å². The molecule has 9 heavy (non-hydrogen) atoms. The number of hydrogen-bond donors (Lipinski definition) is 0. The summed E-state index contributed by atoms with van der Waals surface area (Å²) in [4.78, 5) is 9.84. The van der Waals surface area contributed by atoms with E-state index in [0.29, 0.717) is 0 Å². The van der Waals surface area contributed by atoms with Gasteiger partial charge in [-0.2, -0.15) is 0 Å². The van der Waals surface area contributed by atoms with Crippen LogP contribution in [0.2, 0.25) is 0 Å². The summed E-state index contributed by atoms with van der Waals surface area (Å²) in [6, 6.07) is 0. The molecular formula is C6H7NaO2. The number of allylic oxidation sites excluding steroid dienone is 1. The Hall–Kier alpha value is 0.210. The molecule has 1 saturated carbocycles. The van der Waals surface area contributed by atoms with Crippen molar-refractivity contribution in [3.05, 3.63) is 12.2 Å². The Labute approximate surface area is 76.2 Å². The fourth-order valence-corrected chi connectivity index (χ4v) is 0.675. The zero-order valence-electron chi connectivity index (χ0n) is 5.52. The molecule has 1 aliphatic carbocycles. The number of carbonyl (C=O) groups is 1. The molecule has 1 atom stereocenters. The molecule has 0 aromatic heterocycles. The Morgan fingerprint density at radius 2 is 2.33 bits per heavy atom. The molecule has 0 bridgehead atoms. The van der Waals surface area contributed by atoms with Gasteiger partial charge in [0.1, 0.15) is 0 Å². The van der Waals surface area contributed by atoms with Crippen molar-refractivity contribution in [3.63, 3.8) is 0 Å². The van der Waals surface area contributed by atoms with Crippen molar-refractivity contribution in [2.24, 2.45) is 5.92 Å². The minimum absolute atomic E-state index is 0. The van der Waals surface area contributed by atoms with Crippen LogP contribution in [-0.2, 0) is 4.79 Å². The van der Waals surface area contributed by atoms with Gasteiger partial charge in [-0.05, 0) is 18.8 Å². The van der Waals surface area contributed by atoms with Crippen LogP contribution < -0.4 is 34.7 Å². The molecule has 0 unspecified atom stereocenters. The average molecular weight is 134 g/mol. The number of hydrogen-bond acceptors (Lipinski definition) is 2. The molecule has 0 heterocycles. The second-order valence-corrected chi connectivity index (χ2v) is 2.14. The molecule has 44 valence electrons. The van der Waals surface area contributed by atoms with Gasteiger partial charge in [-0.1, -0.05) is 12.2 Å². The summed E-state index contributed by atoms with van der Waals surface area (Å²) in [7, 11) is 0. The molecule has 0 spiro atoms. The topological polar surface area (TPSA) is 40.1 Å². The van der Waals surface area contributed by atoms with Gasteiger partial charge >= 0.3 is 29.6 Å². The molecule has 3 heteroatoms. The molecule has 2 nitrogen and oxygen atoms in total. The van der Waals surface area contributed by atoms with E-state index in [9.17, 15) is 9.90 Å². The van der Waals surface area contributed by atoms with Crippen molar-refractivity contribution >= 4 is 5.97 Å². The van der Waals surface area contributed by atoms with Crippen LogP contribution in [0.3, 0.4) is 0 Å². The number of carboxylic acid groups (broad SMARTS) is 1. The van der Waals surface area contributed by atoms with Crippen molar-refractivity contribution in [1.29, 1.82) is 0 Å². The number of carboxylic acids is 1. The van der Waals surface area contributed by atoms with Crippen molar-refractivity contribution in [2.75, 3.05) is 0 Å². The van der Waals surface area contributed by atoms with Crippen LogP contribution in [0, 0.1) is 5.92 Å². The maximum Gasteiger partial charge on any atom is 1.00 e. The summed E-state index contributed by atoms with van der Waals surface area (Å²) in [5, 5.41) is 9.84. The van der Waals surface area contributed by atoms with Gasteiger partial charge in [-0.3, -0.25) is 0 Å². The van der Waals surface area contributed by atoms with Crippen molar-refractivity contribution in [3.8, 4) is 0 Å². The second kappa shape index (κ2) is 3.40. The maximum absolute atomic E-state index is 9.84. The Morgan fingerprint density at radius 1 is 1.89 bits per heavy atom. The van der Waals surface area contributed by atoms with Gasteiger partial charge in [0.2, 0.25) is 0 Å². The van der Waals surface area contributed by atoms with Gasteiger partial charge < -0.3 is 9.90 Å². The summed E-state index contributed by atoms with van der Waals surface area (Å²) in [5.74, 6) is -0.728. The van der Waals surface area contributed by atoms with E-state index in [0.717, 1.165) is 12.0 Å². The van der Waals surface area contributed by atoms with Crippen LogP contribution in [0.1, 0.15) is 12.8 Å². The Bertz CT molecular complexity index is 142. The first kappa shape index (κ1) is 9.21. The van der Waals surface area contributed by atoms with Gasteiger partial charge in [-0.25, -0.2) is 0 Å². The van der Waals surface area contributed by atoms with Gasteiger partial charge in [0.25, 0.3) is 0 Å². The Morgan fingerprint density at radius 3 is 2.44 bits per heavy atom. The van der Waals surface area contributed by atoms with Crippen LogP contribution in [0.15, 0.2) is 12.2 Å². The van der Waals surface area contributed by atoms with Crippen molar-refractivity contribution < 1.29 is 39.5 Å². The summed E-state index contributed by atoms with van der Waals surface area (Å²) < 4.78 is 0. The minimum atomic E-state index is -0.964.